The second-order valence-electron chi connectivity index (χ2n) is 5.97. The number of alkyl halides is 6. The maximum Gasteiger partial charge on any atom is 0.434 e. The number of nitrogens with zero attached hydrogens (tertiary/aromatic N) is 3. The second kappa shape index (κ2) is 7.65. The van der Waals surface area contributed by atoms with E-state index in [0.29, 0.717) is 10.9 Å². The molecule has 0 radical (unpaired) electrons. The van der Waals surface area contributed by atoms with Crippen LogP contribution in [0.1, 0.15) is 27.2 Å². The van der Waals surface area contributed by atoms with Crippen LogP contribution in [0.25, 0.3) is 5.82 Å². The zero-order chi connectivity index (χ0) is 22.1. The number of benzene rings is 1. The molecule has 0 spiro atoms. The van der Waals surface area contributed by atoms with Crippen LogP contribution < -0.4 is 10.9 Å². The van der Waals surface area contributed by atoms with Crippen LogP contribution in [-0.4, -0.2) is 25.9 Å². The van der Waals surface area contributed by atoms with Gasteiger partial charge in [0.25, 0.3) is 11.5 Å². The van der Waals surface area contributed by atoms with Crippen molar-refractivity contribution in [2.24, 2.45) is 0 Å². The van der Waals surface area contributed by atoms with E-state index in [-0.39, 0.29) is 17.9 Å². The summed E-state index contributed by atoms with van der Waals surface area (Å²) in [6.45, 7) is -0.309. The van der Waals surface area contributed by atoms with Crippen LogP contribution in [0.2, 0.25) is 0 Å². The van der Waals surface area contributed by atoms with Gasteiger partial charge in [-0.1, -0.05) is 12.1 Å². The van der Waals surface area contributed by atoms with E-state index < -0.39 is 40.6 Å². The van der Waals surface area contributed by atoms with Gasteiger partial charge in [0.05, 0.1) is 17.3 Å². The molecule has 0 fully saturated rings. The molecule has 2 aromatic heterocycles. The summed E-state index contributed by atoms with van der Waals surface area (Å²) >= 11 is 0. The van der Waals surface area contributed by atoms with Gasteiger partial charge in [-0.25, -0.2) is 9.78 Å². The van der Waals surface area contributed by atoms with Crippen molar-refractivity contribution in [3.05, 3.63) is 75.3 Å². The molecule has 1 aromatic carbocycles. The predicted octanol–water partition coefficient (Wildman–Crippen LogP) is 2.92. The SMILES string of the molecule is O=C(NCc1ccc(C(F)(F)F)cc1)c1cnn(-c2ccc(=O)[nH]n2)c1C(F)(F)F. The number of aromatic amines is 1. The van der Waals surface area contributed by atoms with Gasteiger partial charge in [0, 0.05) is 12.6 Å². The molecule has 0 unspecified atom stereocenters. The minimum atomic E-state index is -4.99. The molecular weight excluding hydrogens is 420 g/mol. The molecule has 0 atom stereocenters. The van der Waals surface area contributed by atoms with E-state index in [0.717, 1.165) is 36.4 Å². The van der Waals surface area contributed by atoms with E-state index in [1.54, 1.807) is 0 Å². The van der Waals surface area contributed by atoms with Gasteiger partial charge in [-0.2, -0.15) is 36.5 Å². The van der Waals surface area contributed by atoms with E-state index in [4.69, 9.17) is 0 Å². The number of hydrogen-bond donors (Lipinski definition) is 2. The summed E-state index contributed by atoms with van der Waals surface area (Å²) in [5.41, 5.74) is -3.53. The number of H-pyrrole nitrogens is 1. The van der Waals surface area contributed by atoms with Crippen LogP contribution in [0, 0.1) is 0 Å². The van der Waals surface area contributed by atoms with Crippen LogP contribution in [0.3, 0.4) is 0 Å². The van der Waals surface area contributed by atoms with E-state index in [2.05, 4.69) is 15.5 Å². The second-order valence-corrected chi connectivity index (χ2v) is 5.97. The summed E-state index contributed by atoms with van der Waals surface area (Å²) in [4.78, 5) is 23.3. The summed E-state index contributed by atoms with van der Waals surface area (Å²) < 4.78 is 78.7. The van der Waals surface area contributed by atoms with Crippen molar-refractivity contribution < 1.29 is 31.1 Å². The third-order valence-corrected chi connectivity index (χ3v) is 3.90. The number of aromatic nitrogens is 4. The Morgan fingerprint density at radius 1 is 1.00 bits per heavy atom. The number of carbonyl (C=O) groups is 1. The monoisotopic (exact) mass is 431 g/mol. The molecule has 0 aliphatic rings. The molecule has 0 aliphatic carbocycles. The number of hydrogen-bond acceptors (Lipinski definition) is 4. The molecule has 0 aliphatic heterocycles. The Hall–Kier alpha value is -3.64. The molecule has 7 nitrogen and oxygen atoms in total. The van der Waals surface area contributed by atoms with Gasteiger partial charge >= 0.3 is 12.4 Å². The topological polar surface area (TPSA) is 92.7 Å². The Bertz CT molecular complexity index is 1090. The first-order valence-corrected chi connectivity index (χ1v) is 8.12. The fourth-order valence-corrected chi connectivity index (χ4v) is 2.51. The largest absolute Gasteiger partial charge is 0.434 e. The number of carbonyl (C=O) groups excluding carboxylic acids is 1. The van der Waals surface area contributed by atoms with Crippen LogP contribution >= 0.6 is 0 Å². The number of amides is 1. The van der Waals surface area contributed by atoms with Crippen molar-refractivity contribution in [1.29, 1.82) is 0 Å². The van der Waals surface area contributed by atoms with E-state index in [1.807, 2.05) is 5.10 Å². The van der Waals surface area contributed by atoms with Crippen molar-refractivity contribution >= 4 is 5.91 Å². The third-order valence-electron chi connectivity index (χ3n) is 3.90. The standard InChI is InChI=1S/C17H11F6N5O2/c18-16(19,20)10-3-1-9(2-4-10)7-24-15(30)11-8-25-28(14(11)17(21,22)23)12-5-6-13(29)27-26-12/h1-6,8H,7H2,(H,24,30)(H,27,29). The quantitative estimate of drug-likeness (QED) is 0.622. The van der Waals surface area contributed by atoms with Crippen molar-refractivity contribution in [3.8, 4) is 5.82 Å². The van der Waals surface area contributed by atoms with Crippen LogP contribution in [0.4, 0.5) is 26.3 Å². The van der Waals surface area contributed by atoms with Crippen LogP contribution in [0.15, 0.2) is 47.4 Å². The molecule has 2 N–H and O–H groups in total. The maximum atomic E-state index is 13.5. The first kappa shape index (κ1) is 21.1. The zero-order valence-corrected chi connectivity index (χ0v) is 14.7. The van der Waals surface area contributed by atoms with Gasteiger partial charge in [-0.3, -0.25) is 9.59 Å². The van der Waals surface area contributed by atoms with Gasteiger partial charge in [0.2, 0.25) is 0 Å². The lowest BCUT2D eigenvalue weighted by Gasteiger charge is -2.12. The van der Waals surface area contributed by atoms with Gasteiger partial charge in [0.1, 0.15) is 0 Å². The van der Waals surface area contributed by atoms with Gasteiger partial charge < -0.3 is 5.32 Å². The van der Waals surface area contributed by atoms with Crippen molar-refractivity contribution in [3.63, 3.8) is 0 Å². The minimum Gasteiger partial charge on any atom is -0.348 e. The highest BCUT2D eigenvalue weighted by molar-refractivity contribution is 5.95. The highest BCUT2D eigenvalue weighted by Crippen LogP contribution is 2.33. The average molecular weight is 431 g/mol. The minimum absolute atomic E-state index is 0.250. The van der Waals surface area contributed by atoms with Crippen molar-refractivity contribution in [2.45, 2.75) is 18.9 Å². The molecule has 2 heterocycles. The summed E-state index contributed by atoms with van der Waals surface area (Å²) in [6.07, 6.45) is -8.85. The molecule has 0 bridgehead atoms. The van der Waals surface area contributed by atoms with Crippen LogP contribution in [-0.2, 0) is 18.9 Å². The maximum absolute atomic E-state index is 13.5. The number of halogens is 6. The first-order chi connectivity index (χ1) is 14.0. The summed E-state index contributed by atoms with van der Waals surface area (Å²) in [6, 6.07) is 5.72. The summed E-state index contributed by atoms with van der Waals surface area (Å²) in [7, 11) is 0. The average Bonchev–Trinajstić information content (AvgIpc) is 3.12. The fourth-order valence-electron chi connectivity index (χ4n) is 2.51. The van der Waals surface area contributed by atoms with E-state index in [1.165, 1.54) is 0 Å². The summed E-state index contributed by atoms with van der Waals surface area (Å²) in [5.74, 6) is -1.51. The summed E-state index contributed by atoms with van der Waals surface area (Å²) in [5, 5.41) is 11.2. The molecule has 30 heavy (non-hydrogen) atoms. The lowest BCUT2D eigenvalue weighted by Crippen LogP contribution is -2.26. The van der Waals surface area contributed by atoms with E-state index in [9.17, 15) is 35.9 Å². The zero-order valence-electron chi connectivity index (χ0n) is 14.7. The first-order valence-electron chi connectivity index (χ1n) is 8.12. The highest BCUT2D eigenvalue weighted by Gasteiger charge is 2.41. The van der Waals surface area contributed by atoms with Gasteiger partial charge in [0.15, 0.2) is 11.5 Å². The molecule has 0 saturated heterocycles. The Labute approximate surface area is 163 Å². The Morgan fingerprint density at radius 2 is 1.67 bits per heavy atom. The molecule has 1 amide bonds. The smallest absolute Gasteiger partial charge is 0.348 e. The van der Waals surface area contributed by atoms with E-state index >= 15 is 0 Å². The van der Waals surface area contributed by atoms with Gasteiger partial charge in [-0.05, 0) is 23.8 Å². The highest BCUT2D eigenvalue weighted by atomic mass is 19.4. The normalized spacial score (nSPS) is 12.1. The Kier molecular flexibility index (Phi) is 5.37. The van der Waals surface area contributed by atoms with Crippen LogP contribution in [0.5, 0.6) is 0 Å². The lowest BCUT2D eigenvalue weighted by molar-refractivity contribution is -0.143. The molecular formula is C17H11F6N5O2. The Morgan fingerprint density at radius 3 is 2.20 bits per heavy atom. The van der Waals surface area contributed by atoms with Gasteiger partial charge in [-0.15, -0.1) is 0 Å². The third kappa shape index (κ3) is 4.50. The Balaban J connectivity index is 1.84. The fraction of sp³-hybridized carbons (Fsp3) is 0.176. The lowest BCUT2D eigenvalue weighted by atomic mass is 10.1. The predicted molar refractivity (Wildman–Crippen MR) is 89.6 cm³/mol. The molecule has 158 valence electrons. The molecule has 3 rings (SSSR count). The van der Waals surface area contributed by atoms with Crippen molar-refractivity contribution in [2.75, 3.05) is 0 Å². The molecule has 3 aromatic rings. The molecule has 13 heteroatoms. The number of rotatable bonds is 4. The molecule has 0 saturated carbocycles. The number of nitrogens with one attached hydrogen (secondary N) is 2. The van der Waals surface area contributed by atoms with Crippen molar-refractivity contribution in [1.82, 2.24) is 25.3 Å².